The molecule has 1 aromatic heterocycles. The average molecular weight is 209 g/mol. The van der Waals surface area contributed by atoms with Crippen LogP contribution in [0.25, 0.3) is 0 Å². The molecule has 0 radical (unpaired) electrons. The summed E-state index contributed by atoms with van der Waals surface area (Å²) in [5, 5.41) is 6.66. The molecule has 0 spiro atoms. The van der Waals surface area contributed by atoms with E-state index in [0.29, 0.717) is 6.04 Å². The topological polar surface area (TPSA) is 37.3 Å². The summed E-state index contributed by atoms with van der Waals surface area (Å²) in [6, 6.07) is 0.354. The first kappa shape index (κ1) is 9.65. The number of amidine groups is 1. The summed E-state index contributed by atoms with van der Waals surface area (Å²) in [4.78, 5) is 8.75. The van der Waals surface area contributed by atoms with Crippen molar-refractivity contribution in [3.8, 4) is 0 Å². The first-order chi connectivity index (χ1) is 6.90. The van der Waals surface area contributed by atoms with Crippen LogP contribution in [0.3, 0.4) is 0 Å². The number of hydrogen-bond acceptors (Lipinski definition) is 4. The van der Waals surface area contributed by atoms with E-state index in [9.17, 15) is 0 Å². The molecule has 2 heterocycles. The Labute approximate surface area is 88.3 Å². The fraction of sp³-hybridized carbons (Fsp3) is 0.600. The maximum atomic E-state index is 4.42. The molecule has 0 fully saturated rings. The van der Waals surface area contributed by atoms with E-state index in [0.717, 1.165) is 25.2 Å². The van der Waals surface area contributed by atoms with E-state index in [1.807, 2.05) is 11.6 Å². The molecule has 1 N–H and O–H groups in total. The molecule has 4 heteroatoms. The van der Waals surface area contributed by atoms with Crippen LogP contribution in [-0.4, -0.2) is 17.4 Å². The molecule has 76 valence electrons. The standard InChI is InChI=1S/C10H15N3S/c1-2-8(10-12-6-7-14-10)13-9-4-3-5-11-9/h6-8H,2-5H2,1H3,(H,11,13). The monoisotopic (exact) mass is 209 g/mol. The van der Waals surface area contributed by atoms with Crippen LogP contribution in [-0.2, 0) is 0 Å². The maximum Gasteiger partial charge on any atom is 0.115 e. The third-order valence-electron chi connectivity index (χ3n) is 2.37. The van der Waals surface area contributed by atoms with Gasteiger partial charge >= 0.3 is 0 Å². The van der Waals surface area contributed by atoms with Gasteiger partial charge in [-0.3, -0.25) is 4.99 Å². The van der Waals surface area contributed by atoms with Gasteiger partial charge in [-0.1, -0.05) is 6.92 Å². The molecular weight excluding hydrogens is 194 g/mol. The Kier molecular flexibility index (Phi) is 3.14. The predicted octanol–water partition coefficient (Wildman–Crippen LogP) is 2.38. The number of nitrogens with zero attached hydrogens (tertiary/aromatic N) is 2. The number of nitrogens with one attached hydrogen (secondary N) is 1. The van der Waals surface area contributed by atoms with E-state index in [1.165, 1.54) is 11.4 Å². The summed E-state index contributed by atoms with van der Waals surface area (Å²) in [5.74, 6) is 1.16. The van der Waals surface area contributed by atoms with Gasteiger partial charge in [0.2, 0.25) is 0 Å². The first-order valence-corrected chi connectivity index (χ1v) is 5.97. The van der Waals surface area contributed by atoms with E-state index in [4.69, 9.17) is 0 Å². The number of hydrogen-bond donors (Lipinski definition) is 1. The van der Waals surface area contributed by atoms with Gasteiger partial charge in [0.25, 0.3) is 0 Å². The highest BCUT2D eigenvalue weighted by Gasteiger charge is 2.15. The van der Waals surface area contributed by atoms with Gasteiger partial charge in [0.05, 0.1) is 11.9 Å². The Hall–Kier alpha value is -0.900. The fourth-order valence-corrected chi connectivity index (χ4v) is 2.38. The highest BCUT2D eigenvalue weighted by Crippen LogP contribution is 2.19. The number of aromatic nitrogens is 1. The lowest BCUT2D eigenvalue weighted by molar-refractivity contribution is 0.617. The molecule has 0 aliphatic carbocycles. The minimum Gasteiger partial charge on any atom is -0.365 e. The van der Waals surface area contributed by atoms with Gasteiger partial charge < -0.3 is 5.32 Å². The molecule has 3 nitrogen and oxygen atoms in total. The molecular formula is C10H15N3S. The quantitative estimate of drug-likeness (QED) is 0.830. The third-order valence-corrected chi connectivity index (χ3v) is 3.26. The lowest BCUT2D eigenvalue weighted by atomic mass is 10.2. The minimum absolute atomic E-state index is 0.354. The van der Waals surface area contributed by atoms with Gasteiger partial charge in [-0.05, 0) is 12.8 Å². The second-order valence-electron chi connectivity index (χ2n) is 3.41. The summed E-state index contributed by atoms with van der Waals surface area (Å²) < 4.78 is 0. The van der Waals surface area contributed by atoms with E-state index in [1.54, 1.807) is 11.3 Å². The van der Waals surface area contributed by atoms with E-state index >= 15 is 0 Å². The molecule has 0 amide bonds. The van der Waals surface area contributed by atoms with Crippen LogP contribution in [0.5, 0.6) is 0 Å². The van der Waals surface area contributed by atoms with Gasteiger partial charge in [0.15, 0.2) is 0 Å². The Balaban J connectivity index is 2.00. The van der Waals surface area contributed by atoms with Crippen molar-refractivity contribution in [1.29, 1.82) is 0 Å². The van der Waals surface area contributed by atoms with Crippen molar-refractivity contribution in [2.75, 3.05) is 6.54 Å². The van der Waals surface area contributed by atoms with Crippen LogP contribution in [0.15, 0.2) is 16.6 Å². The van der Waals surface area contributed by atoms with E-state index in [-0.39, 0.29) is 0 Å². The van der Waals surface area contributed by atoms with Crippen molar-refractivity contribution in [2.45, 2.75) is 32.2 Å². The lowest BCUT2D eigenvalue weighted by Crippen LogP contribution is -2.26. The van der Waals surface area contributed by atoms with Gasteiger partial charge in [0.1, 0.15) is 5.01 Å². The number of rotatable bonds is 3. The zero-order valence-corrected chi connectivity index (χ0v) is 9.18. The molecule has 1 atom stereocenters. The van der Waals surface area contributed by atoms with E-state index in [2.05, 4.69) is 22.2 Å². The predicted molar refractivity (Wildman–Crippen MR) is 59.8 cm³/mol. The maximum absolute atomic E-state index is 4.42. The van der Waals surface area contributed by atoms with Crippen molar-refractivity contribution in [2.24, 2.45) is 4.99 Å². The Bertz CT molecular complexity index is 305. The van der Waals surface area contributed by atoms with Crippen LogP contribution in [0, 0.1) is 0 Å². The molecule has 1 aliphatic heterocycles. The molecule has 0 saturated carbocycles. The van der Waals surface area contributed by atoms with Gasteiger partial charge in [0, 0.05) is 24.5 Å². The molecule has 0 saturated heterocycles. The van der Waals surface area contributed by atoms with Crippen LogP contribution in [0.2, 0.25) is 0 Å². The minimum atomic E-state index is 0.354. The van der Waals surface area contributed by atoms with Crippen molar-refractivity contribution < 1.29 is 0 Å². The first-order valence-electron chi connectivity index (χ1n) is 5.09. The van der Waals surface area contributed by atoms with Crippen LogP contribution in [0.4, 0.5) is 0 Å². The molecule has 1 aliphatic rings. The molecule has 1 aromatic rings. The zero-order chi connectivity index (χ0) is 9.80. The smallest absolute Gasteiger partial charge is 0.115 e. The summed E-state index contributed by atoms with van der Waals surface area (Å²) in [6.45, 7) is 3.16. The summed E-state index contributed by atoms with van der Waals surface area (Å²) in [6.07, 6.45) is 5.21. The Morgan fingerprint density at radius 2 is 2.57 bits per heavy atom. The van der Waals surface area contributed by atoms with Crippen molar-refractivity contribution in [3.05, 3.63) is 16.6 Å². The van der Waals surface area contributed by atoms with Crippen LogP contribution < -0.4 is 5.32 Å². The average Bonchev–Trinajstić information content (AvgIpc) is 2.86. The highest BCUT2D eigenvalue weighted by atomic mass is 32.1. The van der Waals surface area contributed by atoms with Crippen molar-refractivity contribution in [1.82, 2.24) is 10.3 Å². The Morgan fingerprint density at radius 3 is 3.14 bits per heavy atom. The lowest BCUT2D eigenvalue weighted by Gasteiger charge is -2.15. The van der Waals surface area contributed by atoms with Crippen molar-refractivity contribution in [3.63, 3.8) is 0 Å². The molecule has 14 heavy (non-hydrogen) atoms. The molecule has 0 bridgehead atoms. The zero-order valence-electron chi connectivity index (χ0n) is 8.36. The van der Waals surface area contributed by atoms with E-state index < -0.39 is 0 Å². The van der Waals surface area contributed by atoms with Crippen LogP contribution >= 0.6 is 11.3 Å². The Morgan fingerprint density at radius 1 is 1.64 bits per heavy atom. The largest absolute Gasteiger partial charge is 0.365 e. The van der Waals surface area contributed by atoms with Crippen molar-refractivity contribution >= 4 is 17.2 Å². The second-order valence-corrected chi connectivity index (χ2v) is 4.33. The SMILES string of the molecule is CCC(NC1=NCCC1)c1nccs1. The summed E-state index contributed by atoms with van der Waals surface area (Å²) in [7, 11) is 0. The summed E-state index contributed by atoms with van der Waals surface area (Å²) >= 11 is 1.71. The summed E-state index contributed by atoms with van der Waals surface area (Å²) in [5.41, 5.74) is 0. The van der Waals surface area contributed by atoms with Gasteiger partial charge in [-0.15, -0.1) is 11.3 Å². The number of thiazole rings is 1. The van der Waals surface area contributed by atoms with Gasteiger partial charge in [-0.2, -0.15) is 0 Å². The number of aliphatic imine (C=N–C) groups is 1. The molecule has 0 aromatic carbocycles. The molecule has 2 rings (SSSR count). The van der Waals surface area contributed by atoms with Gasteiger partial charge in [-0.25, -0.2) is 4.98 Å². The normalized spacial score (nSPS) is 17.9. The fourth-order valence-electron chi connectivity index (χ4n) is 1.60. The third kappa shape index (κ3) is 2.12. The second kappa shape index (κ2) is 4.55. The molecule has 1 unspecified atom stereocenters. The highest BCUT2D eigenvalue weighted by molar-refractivity contribution is 7.09. The van der Waals surface area contributed by atoms with Crippen LogP contribution in [0.1, 0.15) is 37.2 Å².